The topological polar surface area (TPSA) is 59.6 Å². The molecule has 2 aromatic rings. The first-order chi connectivity index (χ1) is 13.1. The molecule has 0 fully saturated rings. The van der Waals surface area contributed by atoms with Crippen LogP contribution in [0.2, 0.25) is 0 Å². The van der Waals surface area contributed by atoms with Gasteiger partial charge in [-0.05, 0) is 42.2 Å². The van der Waals surface area contributed by atoms with Gasteiger partial charge < -0.3 is 9.47 Å². The molecule has 0 bridgehead atoms. The van der Waals surface area contributed by atoms with Crippen LogP contribution in [0.3, 0.4) is 0 Å². The normalized spacial score (nSPS) is 16.6. The van der Waals surface area contributed by atoms with E-state index in [1.165, 1.54) is 13.2 Å². The van der Waals surface area contributed by atoms with Crippen molar-refractivity contribution in [3.05, 3.63) is 65.0 Å². The fourth-order valence-electron chi connectivity index (χ4n) is 3.26. The van der Waals surface area contributed by atoms with Crippen molar-refractivity contribution in [2.24, 2.45) is 0 Å². The molecule has 0 amide bonds. The van der Waals surface area contributed by atoms with Gasteiger partial charge in [0, 0.05) is 12.6 Å². The van der Waals surface area contributed by atoms with Crippen LogP contribution >= 0.6 is 12.6 Å². The summed E-state index contributed by atoms with van der Waals surface area (Å²) in [5.41, 5.74) is 1.86. The number of benzene rings is 2. The minimum absolute atomic E-state index is 0.0573. The molecule has 0 aromatic heterocycles. The number of carbonyl (C=O) groups is 1. The standard InChI is InChI=1S/C20H23FN2O3S/c1-25-18-8-3-2-5-15(18)19(24)26-12-11-22-20(27)23-17-10-9-13-14(17)6-4-7-16(13)21/h2-8,17,20,22-23,27H,9-12H2,1H3. The van der Waals surface area contributed by atoms with Gasteiger partial charge in [-0.2, -0.15) is 0 Å². The van der Waals surface area contributed by atoms with Crippen molar-refractivity contribution >= 4 is 18.6 Å². The molecule has 3 rings (SSSR count). The summed E-state index contributed by atoms with van der Waals surface area (Å²) in [7, 11) is 1.51. The van der Waals surface area contributed by atoms with Crippen LogP contribution in [0.4, 0.5) is 4.39 Å². The largest absolute Gasteiger partial charge is 0.496 e. The molecule has 2 atom stereocenters. The Hall–Kier alpha value is -2.09. The summed E-state index contributed by atoms with van der Waals surface area (Å²) in [5, 5.41) is 6.47. The summed E-state index contributed by atoms with van der Waals surface area (Å²) >= 11 is 4.47. The third kappa shape index (κ3) is 4.80. The Labute approximate surface area is 163 Å². The first-order valence-corrected chi connectivity index (χ1v) is 9.36. The van der Waals surface area contributed by atoms with Crippen molar-refractivity contribution in [3.8, 4) is 5.75 Å². The Bertz CT molecular complexity index is 803. The molecule has 27 heavy (non-hydrogen) atoms. The molecular formula is C20H23FN2O3S. The van der Waals surface area contributed by atoms with Gasteiger partial charge in [0.1, 0.15) is 29.2 Å². The van der Waals surface area contributed by atoms with E-state index in [-0.39, 0.29) is 24.0 Å². The second-order valence-electron chi connectivity index (χ2n) is 6.26. The van der Waals surface area contributed by atoms with E-state index >= 15 is 0 Å². The second-order valence-corrected chi connectivity index (χ2v) is 6.77. The smallest absolute Gasteiger partial charge is 0.341 e. The van der Waals surface area contributed by atoms with Crippen LogP contribution < -0.4 is 15.4 Å². The van der Waals surface area contributed by atoms with Crippen molar-refractivity contribution in [3.63, 3.8) is 0 Å². The van der Waals surface area contributed by atoms with Crippen molar-refractivity contribution in [1.82, 2.24) is 10.6 Å². The van der Waals surface area contributed by atoms with Crippen LogP contribution in [0.5, 0.6) is 5.75 Å². The summed E-state index contributed by atoms with van der Waals surface area (Å²) < 4.78 is 24.2. The Morgan fingerprint density at radius 1 is 1.30 bits per heavy atom. The molecule has 2 N–H and O–H groups in total. The predicted molar refractivity (Wildman–Crippen MR) is 105 cm³/mol. The van der Waals surface area contributed by atoms with E-state index in [2.05, 4.69) is 23.3 Å². The van der Waals surface area contributed by atoms with Gasteiger partial charge in [0.15, 0.2) is 0 Å². The maximum atomic E-state index is 13.8. The molecule has 0 saturated carbocycles. The highest BCUT2D eigenvalue weighted by Gasteiger charge is 2.25. The number of hydrogen-bond acceptors (Lipinski definition) is 6. The predicted octanol–water partition coefficient (Wildman–Crippen LogP) is 3.07. The Balaban J connectivity index is 1.42. The Morgan fingerprint density at radius 3 is 2.93 bits per heavy atom. The van der Waals surface area contributed by atoms with E-state index in [0.29, 0.717) is 17.9 Å². The zero-order chi connectivity index (χ0) is 19.2. The van der Waals surface area contributed by atoms with E-state index in [1.54, 1.807) is 30.3 Å². The van der Waals surface area contributed by atoms with Crippen LogP contribution in [0, 0.1) is 5.82 Å². The number of halogens is 1. The van der Waals surface area contributed by atoms with Crippen molar-refractivity contribution < 1.29 is 18.7 Å². The van der Waals surface area contributed by atoms with E-state index in [0.717, 1.165) is 24.0 Å². The van der Waals surface area contributed by atoms with E-state index in [4.69, 9.17) is 9.47 Å². The summed E-state index contributed by atoms with van der Waals surface area (Å²) in [5.74, 6) is -0.0989. The maximum Gasteiger partial charge on any atom is 0.341 e. The van der Waals surface area contributed by atoms with Gasteiger partial charge in [-0.25, -0.2) is 9.18 Å². The molecule has 0 aliphatic heterocycles. The van der Waals surface area contributed by atoms with Crippen molar-refractivity contribution in [2.75, 3.05) is 20.3 Å². The molecule has 144 valence electrons. The van der Waals surface area contributed by atoms with Crippen LogP contribution in [-0.4, -0.2) is 31.7 Å². The number of ether oxygens (including phenoxy) is 2. The molecule has 7 heteroatoms. The summed E-state index contributed by atoms with van der Waals surface area (Å²) in [6.45, 7) is 0.635. The molecule has 0 radical (unpaired) electrons. The van der Waals surface area contributed by atoms with Gasteiger partial charge in [-0.15, -0.1) is 12.6 Å². The average Bonchev–Trinajstić information content (AvgIpc) is 3.09. The van der Waals surface area contributed by atoms with E-state index in [9.17, 15) is 9.18 Å². The molecule has 5 nitrogen and oxygen atoms in total. The second kappa shape index (κ2) is 9.21. The number of nitrogens with one attached hydrogen (secondary N) is 2. The molecule has 0 heterocycles. The third-order valence-electron chi connectivity index (χ3n) is 4.57. The zero-order valence-corrected chi connectivity index (χ0v) is 16.0. The summed E-state index contributed by atoms with van der Waals surface area (Å²) in [6.07, 6.45) is 1.55. The zero-order valence-electron chi connectivity index (χ0n) is 15.1. The number of para-hydroxylation sites is 1. The molecule has 2 unspecified atom stereocenters. The third-order valence-corrected chi connectivity index (χ3v) is 4.90. The van der Waals surface area contributed by atoms with Crippen molar-refractivity contribution in [2.45, 2.75) is 24.4 Å². The number of rotatable bonds is 8. The highest BCUT2D eigenvalue weighted by molar-refractivity contribution is 7.80. The molecule has 0 spiro atoms. The number of carbonyl (C=O) groups excluding carboxylic acids is 1. The van der Waals surface area contributed by atoms with Gasteiger partial charge in [-0.3, -0.25) is 10.6 Å². The number of esters is 1. The lowest BCUT2D eigenvalue weighted by Gasteiger charge is -2.21. The first kappa shape index (κ1) is 19.7. The minimum atomic E-state index is -0.432. The van der Waals surface area contributed by atoms with Gasteiger partial charge in [-0.1, -0.05) is 24.3 Å². The Morgan fingerprint density at radius 2 is 2.11 bits per heavy atom. The quantitative estimate of drug-likeness (QED) is 0.280. The fourth-order valence-corrected chi connectivity index (χ4v) is 3.57. The molecular weight excluding hydrogens is 367 g/mol. The van der Waals surface area contributed by atoms with Crippen LogP contribution in [0.25, 0.3) is 0 Å². The van der Waals surface area contributed by atoms with E-state index < -0.39 is 5.97 Å². The highest BCUT2D eigenvalue weighted by Crippen LogP contribution is 2.32. The van der Waals surface area contributed by atoms with E-state index in [1.807, 2.05) is 6.07 Å². The minimum Gasteiger partial charge on any atom is -0.496 e. The SMILES string of the molecule is COc1ccccc1C(=O)OCCNC(S)NC1CCc2c(F)cccc21. The first-order valence-electron chi connectivity index (χ1n) is 8.85. The molecule has 2 aromatic carbocycles. The monoisotopic (exact) mass is 390 g/mol. The highest BCUT2D eigenvalue weighted by atomic mass is 32.1. The van der Waals surface area contributed by atoms with Crippen LogP contribution in [0.1, 0.15) is 33.9 Å². The maximum absolute atomic E-state index is 13.8. The van der Waals surface area contributed by atoms with Gasteiger partial charge in [0.2, 0.25) is 0 Å². The lowest BCUT2D eigenvalue weighted by Crippen LogP contribution is -2.41. The van der Waals surface area contributed by atoms with Gasteiger partial charge >= 0.3 is 5.97 Å². The average molecular weight is 390 g/mol. The lowest BCUT2D eigenvalue weighted by atomic mass is 10.1. The molecule has 0 saturated heterocycles. The number of thiol groups is 1. The lowest BCUT2D eigenvalue weighted by molar-refractivity contribution is 0.0503. The van der Waals surface area contributed by atoms with Crippen molar-refractivity contribution in [1.29, 1.82) is 0 Å². The van der Waals surface area contributed by atoms with Crippen LogP contribution in [0.15, 0.2) is 42.5 Å². The number of methoxy groups -OCH3 is 1. The Kier molecular flexibility index (Phi) is 6.71. The summed E-state index contributed by atoms with van der Waals surface area (Å²) in [4.78, 5) is 12.1. The molecule has 1 aliphatic rings. The van der Waals surface area contributed by atoms with Gasteiger partial charge in [0.05, 0.1) is 7.11 Å². The number of fused-ring (bicyclic) bond motifs is 1. The summed E-state index contributed by atoms with van der Waals surface area (Å²) in [6, 6.07) is 12.1. The molecule has 1 aliphatic carbocycles. The fraction of sp³-hybridized carbons (Fsp3) is 0.350. The van der Waals surface area contributed by atoms with Gasteiger partial charge in [0.25, 0.3) is 0 Å². The number of hydrogen-bond donors (Lipinski definition) is 3. The van der Waals surface area contributed by atoms with Crippen LogP contribution in [-0.2, 0) is 11.2 Å².